The van der Waals surface area contributed by atoms with Crippen LogP contribution in [0.5, 0.6) is 0 Å². The molecule has 0 aliphatic heterocycles. The Labute approximate surface area is 182 Å². The fourth-order valence-electron chi connectivity index (χ4n) is 3.20. The van der Waals surface area contributed by atoms with E-state index in [1.165, 1.54) is 5.56 Å². The Morgan fingerprint density at radius 3 is 2.47 bits per heavy atom. The van der Waals surface area contributed by atoms with E-state index in [4.69, 9.17) is 27.1 Å². The number of halogens is 1. The first-order chi connectivity index (χ1) is 14.0. The van der Waals surface area contributed by atoms with E-state index in [0.717, 1.165) is 30.0 Å². The summed E-state index contributed by atoms with van der Waals surface area (Å²) < 4.78 is 17.2. The lowest BCUT2D eigenvalue weighted by atomic mass is 9.97. The Balaban J connectivity index is 1.81. The number of phosphoric ester groups is 1. The van der Waals surface area contributed by atoms with Crippen LogP contribution in [0.1, 0.15) is 54.4 Å². The molecule has 1 unspecified atom stereocenters. The third-order valence-electron chi connectivity index (χ3n) is 5.06. The maximum Gasteiger partial charge on any atom is 0.469 e. The van der Waals surface area contributed by atoms with Crippen LogP contribution in [-0.2, 0) is 29.0 Å². The van der Waals surface area contributed by atoms with E-state index < -0.39 is 13.4 Å². The molecule has 9 heteroatoms. The molecule has 0 radical (unpaired) electrons. The first-order valence-electron chi connectivity index (χ1n) is 9.88. The average Bonchev–Trinajstić information content (AvgIpc) is 3.04. The number of hydrogen-bond donors (Lipinski definition) is 3. The Morgan fingerprint density at radius 2 is 1.83 bits per heavy atom. The quantitative estimate of drug-likeness (QED) is 0.252. The predicted octanol–water partition coefficient (Wildman–Crippen LogP) is 4.03. The highest BCUT2D eigenvalue weighted by Crippen LogP contribution is 2.36. The molecule has 2 aromatic rings. The smallest absolute Gasteiger partial charge is 0.345 e. The van der Waals surface area contributed by atoms with Gasteiger partial charge in [0, 0.05) is 29.7 Å². The number of carbonyl (C=O) groups is 1. The van der Waals surface area contributed by atoms with Crippen LogP contribution in [0.25, 0.3) is 0 Å². The van der Waals surface area contributed by atoms with Crippen molar-refractivity contribution >= 4 is 25.2 Å². The van der Waals surface area contributed by atoms with Crippen LogP contribution in [0, 0.1) is 0 Å². The highest BCUT2D eigenvalue weighted by atomic mass is 35.5. The van der Waals surface area contributed by atoms with Gasteiger partial charge in [-0.25, -0.2) is 4.57 Å². The number of nitrogens with two attached hydrogens (primary N) is 1. The predicted molar refractivity (Wildman–Crippen MR) is 118 cm³/mol. The lowest BCUT2D eigenvalue weighted by molar-refractivity contribution is 0.0971. The number of phosphoric acid groups is 1. The first kappa shape index (κ1) is 24.8. The van der Waals surface area contributed by atoms with Crippen LogP contribution < -0.4 is 5.73 Å². The summed E-state index contributed by atoms with van der Waals surface area (Å²) in [5, 5.41) is 0.720. The molecule has 1 atom stereocenters. The van der Waals surface area contributed by atoms with Gasteiger partial charge in [-0.3, -0.25) is 9.32 Å². The molecule has 1 aromatic carbocycles. The number of rotatable bonds is 12. The van der Waals surface area contributed by atoms with E-state index in [1.807, 2.05) is 48.0 Å². The van der Waals surface area contributed by atoms with Gasteiger partial charge in [0.05, 0.1) is 12.3 Å². The summed E-state index contributed by atoms with van der Waals surface area (Å²) in [7, 11) is -2.70. The van der Waals surface area contributed by atoms with Crippen molar-refractivity contribution in [1.82, 2.24) is 4.57 Å². The number of aromatic nitrogens is 1. The first-order valence-corrected chi connectivity index (χ1v) is 11.8. The number of aryl methyl sites for hydroxylation is 2. The van der Waals surface area contributed by atoms with Crippen molar-refractivity contribution in [1.29, 1.82) is 0 Å². The third kappa shape index (κ3) is 8.34. The number of benzene rings is 1. The lowest BCUT2D eigenvalue weighted by Gasteiger charge is -2.24. The highest BCUT2D eigenvalue weighted by molar-refractivity contribution is 7.46. The van der Waals surface area contributed by atoms with Crippen molar-refractivity contribution in [3.05, 3.63) is 58.4 Å². The summed E-state index contributed by atoms with van der Waals surface area (Å²) in [4.78, 5) is 30.2. The van der Waals surface area contributed by atoms with Crippen LogP contribution in [0.3, 0.4) is 0 Å². The second kappa shape index (κ2) is 10.7. The van der Waals surface area contributed by atoms with Gasteiger partial charge in [-0.05, 0) is 68.9 Å². The zero-order valence-corrected chi connectivity index (χ0v) is 19.0. The molecule has 0 saturated heterocycles. The van der Waals surface area contributed by atoms with Crippen LogP contribution in [-0.4, -0.2) is 32.3 Å². The van der Waals surface area contributed by atoms with Crippen LogP contribution in [0.2, 0.25) is 5.02 Å². The molecular weight excluding hydrogens is 427 g/mol. The number of ketones is 1. The second-order valence-corrected chi connectivity index (χ2v) is 9.62. The van der Waals surface area contributed by atoms with Crippen LogP contribution >= 0.6 is 19.4 Å². The zero-order chi connectivity index (χ0) is 22.4. The molecule has 0 fully saturated rings. The number of nitrogens with zero attached hydrogens (tertiary/aromatic N) is 1. The van der Waals surface area contributed by atoms with E-state index in [-0.39, 0.29) is 12.4 Å². The maximum atomic E-state index is 12.6. The molecule has 0 amide bonds. The molecule has 0 spiro atoms. The fourth-order valence-corrected chi connectivity index (χ4v) is 3.78. The third-order valence-corrected chi connectivity index (χ3v) is 5.78. The van der Waals surface area contributed by atoms with Crippen LogP contribution in [0.15, 0.2) is 36.4 Å². The van der Waals surface area contributed by atoms with E-state index in [0.29, 0.717) is 25.0 Å². The topological polar surface area (TPSA) is 115 Å². The standard InChI is InChI=1S/C21H30ClN2O5P/c1-21(23,15-29-30(26,27)28)14-13-18-11-12-19(24(18)2)20(25)6-4-3-5-16-7-9-17(22)10-8-16/h7-12H,3-6,13-15,23H2,1-2H3,(H2,26,27,28). The van der Waals surface area contributed by atoms with Crippen molar-refractivity contribution in [2.24, 2.45) is 12.8 Å². The number of carbonyl (C=O) groups excluding carboxylic acids is 1. The van der Waals surface area contributed by atoms with Gasteiger partial charge in [0.2, 0.25) is 0 Å². The Hall–Kier alpha value is -1.47. The molecule has 166 valence electrons. The van der Waals surface area contributed by atoms with Crippen molar-refractivity contribution < 1.29 is 23.7 Å². The van der Waals surface area contributed by atoms with E-state index >= 15 is 0 Å². The molecule has 2 rings (SSSR count). The molecule has 1 heterocycles. The Kier molecular flexibility index (Phi) is 8.85. The van der Waals surface area contributed by atoms with E-state index in [1.54, 1.807) is 6.92 Å². The van der Waals surface area contributed by atoms with E-state index in [2.05, 4.69) is 4.52 Å². The van der Waals surface area contributed by atoms with Crippen molar-refractivity contribution in [2.45, 2.75) is 51.0 Å². The summed E-state index contributed by atoms with van der Waals surface area (Å²) in [5.41, 5.74) is 7.98. The molecule has 1 aromatic heterocycles. The van der Waals surface area contributed by atoms with Gasteiger partial charge in [0.1, 0.15) is 0 Å². The normalized spacial score (nSPS) is 13.9. The van der Waals surface area contributed by atoms with Gasteiger partial charge >= 0.3 is 7.82 Å². The van der Waals surface area contributed by atoms with Gasteiger partial charge < -0.3 is 20.1 Å². The van der Waals surface area contributed by atoms with Gasteiger partial charge in [0.15, 0.2) is 5.78 Å². The van der Waals surface area contributed by atoms with Gasteiger partial charge in [-0.2, -0.15) is 0 Å². The Bertz CT molecular complexity index is 889. The van der Waals surface area contributed by atoms with Crippen LogP contribution in [0.4, 0.5) is 0 Å². The molecular formula is C21H30ClN2O5P. The van der Waals surface area contributed by atoms with Gasteiger partial charge in [0.25, 0.3) is 0 Å². The molecule has 4 N–H and O–H groups in total. The van der Waals surface area contributed by atoms with E-state index in [9.17, 15) is 9.36 Å². The molecule has 0 aliphatic rings. The largest absolute Gasteiger partial charge is 0.469 e. The van der Waals surface area contributed by atoms with Gasteiger partial charge in [-0.15, -0.1) is 0 Å². The molecule has 30 heavy (non-hydrogen) atoms. The highest BCUT2D eigenvalue weighted by Gasteiger charge is 2.25. The Morgan fingerprint density at radius 1 is 1.17 bits per heavy atom. The van der Waals surface area contributed by atoms with Gasteiger partial charge in [-0.1, -0.05) is 23.7 Å². The minimum absolute atomic E-state index is 0.0974. The summed E-state index contributed by atoms with van der Waals surface area (Å²) in [6, 6.07) is 11.5. The molecule has 0 saturated carbocycles. The summed E-state index contributed by atoms with van der Waals surface area (Å²) in [5.74, 6) is 0.0974. The summed E-state index contributed by atoms with van der Waals surface area (Å²) >= 11 is 5.89. The lowest BCUT2D eigenvalue weighted by Crippen LogP contribution is -2.41. The van der Waals surface area contributed by atoms with Crippen molar-refractivity contribution in [3.63, 3.8) is 0 Å². The number of Topliss-reactive ketones (excluding diaryl/α,β-unsaturated/α-hetero) is 1. The monoisotopic (exact) mass is 456 g/mol. The number of unbranched alkanes of at least 4 members (excludes halogenated alkanes) is 1. The average molecular weight is 457 g/mol. The molecule has 0 aliphatic carbocycles. The maximum absolute atomic E-state index is 12.6. The van der Waals surface area contributed by atoms with Crippen molar-refractivity contribution in [3.8, 4) is 0 Å². The summed E-state index contributed by atoms with van der Waals surface area (Å²) in [6.07, 6.45) is 4.15. The number of hydrogen-bond acceptors (Lipinski definition) is 4. The van der Waals surface area contributed by atoms with Crippen molar-refractivity contribution in [2.75, 3.05) is 6.61 Å². The summed E-state index contributed by atoms with van der Waals surface area (Å²) in [6.45, 7) is 1.43. The minimum atomic E-state index is -4.55. The zero-order valence-electron chi connectivity index (χ0n) is 17.4. The fraction of sp³-hybridized carbons (Fsp3) is 0.476. The minimum Gasteiger partial charge on any atom is -0.345 e. The molecule has 0 bridgehead atoms. The SMILES string of the molecule is Cn1c(CCC(C)(N)COP(=O)(O)O)ccc1C(=O)CCCCc1ccc(Cl)cc1. The molecule has 7 nitrogen and oxygen atoms in total. The second-order valence-electron chi connectivity index (χ2n) is 7.94.